The van der Waals surface area contributed by atoms with Gasteiger partial charge in [-0.25, -0.2) is 0 Å². The zero-order valence-corrected chi connectivity index (χ0v) is 14.5. The molecular weight excluding hydrogens is 272 g/mol. The Hall–Kier alpha value is -1.44. The first-order chi connectivity index (χ1) is 10.8. The zero-order chi connectivity index (χ0) is 16.0. The topological polar surface area (TPSA) is 18.5 Å². The molecule has 0 aliphatic carbocycles. The van der Waals surface area contributed by atoms with Crippen molar-refractivity contribution in [3.05, 3.63) is 47.9 Å². The molecule has 0 fully saturated rings. The third kappa shape index (κ3) is 8.76. The number of hydrogen-bond donors (Lipinski definition) is 0. The molecule has 124 valence electrons. The van der Waals surface area contributed by atoms with Gasteiger partial charge in [-0.1, -0.05) is 63.4 Å². The van der Waals surface area contributed by atoms with Crippen LogP contribution in [0.1, 0.15) is 58.4 Å². The minimum atomic E-state index is 0.669. The van der Waals surface area contributed by atoms with E-state index < -0.39 is 0 Å². The summed E-state index contributed by atoms with van der Waals surface area (Å²) in [5.41, 5.74) is 1.37. The van der Waals surface area contributed by atoms with Gasteiger partial charge in [0.1, 0.15) is 12.0 Å². The largest absolute Gasteiger partial charge is 0.497 e. The summed E-state index contributed by atoms with van der Waals surface area (Å²) in [7, 11) is 0. The molecule has 2 heteroatoms. The van der Waals surface area contributed by atoms with Crippen LogP contribution in [-0.4, -0.2) is 13.2 Å². The number of hydrogen-bond acceptors (Lipinski definition) is 2. The molecule has 0 bridgehead atoms. The third-order valence-electron chi connectivity index (χ3n) is 3.91. The fraction of sp³-hybridized carbons (Fsp3) is 0.600. The van der Waals surface area contributed by atoms with E-state index in [4.69, 9.17) is 9.47 Å². The van der Waals surface area contributed by atoms with Gasteiger partial charge in [-0.2, -0.15) is 0 Å². The summed E-state index contributed by atoms with van der Waals surface area (Å²) in [5.74, 6) is 1.54. The molecule has 0 spiro atoms. The molecule has 2 nitrogen and oxygen atoms in total. The third-order valence-corrected chi connectivity index (χ3v) is 3.91. The number of ether oxygens (including phenoxy) is 2. The number of benzene rings is 1. The van der Waals surface area contributed by atoms with Crippen LogP contribution in [0.5, 0.6) is 0 Å². The zero-order valence-electron chi connectivity index (χ0n) is 14.5. The van der Waals surface area contributed by atoms with Gasteiger partial charge in [0, 0.05) is 0 Å². The predicted octanol–water partition coefficient (Wildman–Crippen LogP) is 5.73. The van der Waals surface area contributed by atoms with Crippen molar-refractivity contribution < 1.29 is 9.47 Å². The van der Waals surface area contributed by atoms with Gasteiger partial charge in [0.2, 0.25) is 0 Å². The lowest BCUT2D eigenvalue weighted by molar-refractivity contribution is 0.150. The molecule has 0 amide bonds. The second-order valence-electron chi connectivity index (χ2n) is 5.92. The van der Waals surface area contributed by atoms with Gasteiger partial charge in [-0.3, -0.25) is 0 Å². The highest BCUT2D eigenvalue weighted by Crippen LogP contribution is 2.13. The summed E-state index contributed by atoms with van der Waals surface area (Å²) < 4.78 is 11.4. The molecular formula is C20H32O2. The first-order valence-corrected chi connectivity index (χ1v) is 8.71. The fourth-order valence-electron chi connectivity index (χ4n) is 2.39. The highest BCUT2D eigenvalue weighted by atomic mass is 16.5. The molecule has 0 aliphatic heterocycles. The van der Waals surface area contributed by atoms with E-state index in [1.807, 2.05) is 13.0 Å². The van der Waals surface area contributed by atoms with Crippen molar-refractivity contribution in [1.29, 1.82) is 0 Å². The number of allylic oxidation sites excluding steroid dienone is 1. The van der Waals surface area contributed by atoms with E-state index >= 15 is 0 Å². The van der Waals surface area contributed by atoms with Crippen LogP contribution in [0.4, 0.5) is 0 Å². The Bertz CT molecular complexity index is 397. The molecule has 1 unspecified atom stereocenters. The van der Waals surface area contributed by atoms with E-state index in [2.05, 4.69) is 38.1 Å². The molecule has 22 heavy (non-hydrogen) atoms. The smallest absolute Gasteiger partial charge is 0.127 e. The van der Waals surface area contributed by atoms with Crippen molar-refractivity contribution >= 4 is 0 Å². The first-order valence-electron chi connectivity index (χ1n) is 8.71. The van der Waals surface area contributed by atoms with Gasteiger partial charge in [-0.15, -0.1) is 0 Å². The van der Waals surface area contributed by atoms with Crippen molar-refractivity contribution in [2.24, 2.45) is 5.92 Å². The normalized spacial score (nSPS) is 13.0. The van der Waals surface area contributed by atoms with Crippen LogP contribution in [0.15, 0.2) is 42.4 Å². The number of aryl methyl sites for hydroxylation is 1. The Morgan fingerprint density at radius 1 is 1.14 bits per heavy atom. The first kappa shape index (κ1) is 18.6. The molecule has 0 saturated carbocycles. The van der Waals surface area contributed by atoms with Crippen LogP contribution in [0.2, 0.25) is 0 Å². The van der Waals surface area contributed by atoms with Crippen molar-refractivity contribution in [2.75, 3.05) is 13.2 Å². The van der Waals surface area contributed by atoms with Crippen molar-refractivity contribution in [3.8, 4) is 0 Å². The molecule has 1 aromatic carbocycles. The van der Waals surface area contributed by atoms with Gasteiger partial charge in [0.05, 0.1) is 13.2 Å². The summed E-state index contributed by atoms with van der Waals surface area (Å²) in [6.45, 7) is 7.99. The second kappa shape index (κ2) is 12.1. The van der Waals surface area contributed by atoms with Crippen molar-refractivity contribution in [1.82, 2.24) is 0 Å². The summed E-state index contributed by atoms with van der Waals surface area (Å²) in [5, 5.41) is 0. The summed E-state index contributed by atoms with van der Waals surface area (Å²) in [4.78, 5) is 0. The van der Waals surface area contributed by atoms with Gasteiger partial charge < -0.3 is 9.47 Å². The lowest BCUT2D eigenvalue weighted by Gasteiger charge is -2.14. The van der Waals surface area contributed by atoms with Crippen LogP contribution < -0.4 is 0 Å². The molecule has 0 heterocycles. The van der Waals surface area contributed by atoms with Crippen molar-refractivity contribution in [3.63, 3.8) is 0 Å². The van der Waals surface area contributed by atoms with E-state index in [-0.39, 0.29) is 0 Å². The van der Waals surface area contributed by atoms with Gasteiger partial charge in [0.25, 0.3) is 0 Å². The lowest BCUT2D eigenvalue weighted by atomic mass is 10.0. The Balaban J connectivity index is 2.12. The van der Waals surface area contributed by atoms with Crippen LogP contribution in [0, 0.1) is 5.92 Å². The Morgan fingerprint density at radius 3 is 2.59 bits per heavy atom. The maximum Gasteiger partial charge on any atom is 0.127 e. The molecule has 0 radical (unpaired) electrons. The van der Waals surface area contributed by atoms with E-state index in [1.165, 1.54) is 31.2 Å². The average Bonchev–Trinajstić information content (AvgIpc) is 2.55. The van der Waals surface area contributed by atoms with Crippen molar-refractivity contribution in [2.45, 2.75) is 59.3 Å². The molecule has 1 rings (SSSR count). The Kier molecular flexibility index (Phi) is 10.3. The standard InChI is InChI=1S/C20H32O2/c1-4-6-11-19(5-2)17-21-16-18(3)22-15-10-14-20-12-8-7-9-13-20/h7-9,12-13,16,19H,4-6,10-11,14-15,17H2,1-3H3/b18-16+. The second-order valence-corrected chi connectivity index (χ2v) is 5.92. The monoisotopic (exact) mass is 304 g/mol. The van der Waals surface area contributed by atoms with E-state index in [0.717, 1.165) is 31.8 Å². The quantitative estimate of drug-likeness (QED) is 0.362. The molecule has 1 aromatic rings. The van der Waals surface area contributed by atoms with Gasteiger partial charge in [-0.05, 0) is 37.7 Å². The van der Waals surface area contributed by atoms with Gasteiger partial charge in [0.15, 0.2) is 0 Å². The summed E-state index contributed by atoms with van der Waals surface area (Å²) >= 11 is 0. The highest BCUT2D eigenvalue weighted by molar-refractivity contribution is 5.14. The lowest BCUT2D eigenvalue weighted by Crippen LogP contribution is -2.06. The average molecular weight is 304 g/mol. The predicted molar refractivity (Wildman–Crippen MR) is 93.7 cm³/mol. The number of rotatable bonds is 12. The highest BCUT2D eigenvalue weighted by Gasteiger charge is 2.05. The SMILES string of the molecule is CCCCC(CC)CO/C=C(\C)OCCCc1ccccc1. The summed E-state index contributed by atoms with van der Waals surface area (Å²) in [6.07, 6.45) is 8.86. The van der Waals surface area contributed by atoms with E-state index in [0.29, 0.717) is 5.92 Å². The number of unbranched alkanes of at least 4 members (excludes halogenated alkanes) is 1. The molecule has 0 N–H and O–H groups in total. The van der Waals surface area contributed by atoms with E-state index in [1.54, 1.807) is 6.26 Å². The maximum absolute atomic E-state index is 5.70. The Morgan fingerprint density at radius 2 is 1.91 bits per heavy atom. The minimum Gasteiger partial charge on any atom is -0.497 e. The van der Waals surface area contributed by atoms with Crippen LogP contribution in [0.25, 0.3) is 0 Å². The van der Waals surface area contributed by atoms with Crippen LogP contribution in [0.3, 0.4) is 0 Å². The van der Waals surface area contributed by atoms with Crippen LogP contribution >= 0.6 is 0 Å². The van der Waals surface area contributed by atoms with Crippen LogP contribution in [-0.2, 0) is 15.9 Å². The van der Waals surface area contributed by atoms with Gasteiger partial charge >= 0.3 is 0 Å². The molecule has 0 saturated heterocycles. The fourth-order valence-corrected chi connectivity index (χ4v) is 2.39. The molecule has 0 aliphatic rings. The minimum absolute atomic E-state index is 0.669. The van der Waals surface area contributed by atoms with E-state index in [9.17, 15) is 0 Å². The molecule has 0 aromatic heterocycles. The maximum atomic E-state index is 5.70. The summed E-state index contributed by atoms with van der Waals surface area (Å²) in [6, 6.07) is 10.5. The molecule has 1 atom stereocenters. The Labute approximate surface area is 136 Å².